The van der Waals surface area contributed by atoms with Crippen molar-refractivity contribution in [3.63, 3.8) is 0 Å². The topological polar surface area (TPSA) is 29.9 Å². The van der Waals surface area contributed by atoms with Gasteiger partial charge in [0, 0.05) is 22.5 Å². The molecule has 1 heterocycles. The number of rotatable bonds is 5. The summed E-state index contributed by atoms with van der Waals surface area (Å²) in [5.41, 5.74) is 0.952. The van der Waals surface area contributed by atoms with Gasteiger partial charge >= 0.3 is 0 Å². The first-order chi connectivity index (χ1) is 8.72. The smallest absolute Gasteiger partial charge is 0.207 e. The van der Waals surface area contributed by atoms with Gasteiger partial charge in [-0.25, -0.2) is 4.98 Å². The van der Waals surface area contributed by atoms with Crippen LogP contribution in [-0.4, -0.2) is 16.1 Å². The number of nitrogens with one attached hydrogen (secondary N) is 1. The molecule has 0 aliphatic heterocycles. The van der Waals surface area contributed by atoms with Crippen LogP contribution in [0.2, 0.25) is 5.02 Å². The second kappa shape index (κ2) is 6.43. The lowest BCUT2D eigenvalue weighted by Gasteiger charge is -2.11. The molecular formula is C13H15ClIN3. The fourth-order valence-corrected chi connectivity index (χ4v) is 2.63. The van der Waals surface area contributed by atoms with Crippen molar-refractivity contribution in [1.29, 1.82) is 0 Å². The summed E-state index contributed by atoms with van der Waals surface area (Å²) in [7, 11) is 0. The zero-order chi connectivity index (χ0) is 13.0. The normalized spacial score (nSPS) is 10.6. The summed E-state index contributed by atoms with van der Waals surface area (Å²) < 4.78 is 3.11. The number of anilines is 1. The van der Waals surface area contributed by atoms with Crippen molar-refractivity contribution in [2.45, 2.75) is 19.8 Å². The molecular weight excluding hydrogens is 361 g/mol. The van der Waals surface area contributed by atoms with Gasteiger partial charge in [0.1, 0.15) is 0 Å². The summed E-state index contributed by atoms with van der Waals surface area (Å²) in [5.74, 6) is 0.839. The molecule has 0 spiro atoms. The summed E-state index contributed by atoms with van der Waals surface area (Å²) in [6, 6.07) is 6.00. The van der Waals surface area contributed by atoms with Crippen LogP contribution in [0.3, 0.4) is 0 Å². The van der Waals surface area contributed by atoms with E-state index in [0.717, 1.165) is 39.6 Å². The van der Waals surface area contributed by atoms with Crippen LogP contribution in [0.25, 0.3) is 5.69 Å². The second-order valence-electron chi connectivity index (χ2n) is 4.00. The Bertz CT molecular complexity index is 525. The molecule has 0 radical (unpaired) electrons. The third-order valence-electron chi connectivity index (χ3n) is 2.62. The average molecular weight is 376 g/mol. The molecule has 0 amide bonds. The Morgan fingerprint density at radius 3 is 3.00 bits per heavy atom. The minimum atomic E-state index is 0.735. The lowest BCUT2D eigenvalue weighted by atomic mass is 10.3. The van der Waals surface area contributed by atoms with Gasteiger partial charge in [-0.15, -0.1) is 0 Å². The Morgan fingerprint density at radius 2 is 2.28 bits per heavy atom. The highest BCUT2D eigenvalue weighted by Crippen LogP contribution is 2.25. The highest BCUT2D eigenvalue weighted by atomic mass is 127. The van der Waals surface area contributed by atoms with Crippen molar-refractivity contribution in [1.82, 2.24) is 9.55 Å². The van der Waals surface area contributed by atoms with Gasteiger partial charge in [0.2, 0.25) is 5.95 Å². The molecule has 0 saturated carbocycles. The molecule has 0 bridgehead atoms. The number of benzene rings is 1. The number of halogens is 2. The van der Waals surface area contributed by atoms with Gasteiger partial charge in [-0.2, -0.15) is 0 Å². The van der Waals surface area contributed by atoms with Crippen LogP contribution in [0.15, 0.2) is 30.6 Å². The summed E-state index contributed by atoms with van der Waals surface area (Å²) in [6.07, 6.45) is 6.00. The van der Waals surface area contributed by atoms with Gasteiger partial charge in [-0.05, 0) is 47.2 Å². The molecule has 5 heteroatoms. The Kier molecular flexibility index (Phi) is 4.88. The van der Waals surface area contributed by atoms with Gasteiger partial charge in [-0.1, -0.05) is 24.9 Å². The molecule has 18 heavy (non-hydrogen) atoms. The van der Waals surface area contributed by atoms with Crippen molar-refractivity contribution in [2.75, 3.05) is 11.9 Å². The van der Waals surface area contributed by atoms with E-state index in [0.29, 0.717) is 0 Å². The maximum Gasteiger partial charge on any atom is 0.207 e. The van der Waals surface area contributed by atoms with Crippen LogP contribution < -0.4 is 5.32 Å². The molecule has 2 aromatic rings. The van der Waals surface area contributed by atoms with Crippen molar-refractivity contribution >= 4 is 40.1 Å². The summed E-state index contributed by atoms with van der Waals surface area (Å²) in [4.78, 5) is 4.32. The maximum atomic E-state index is 6.27. The predicted molar refractivity (Wildman–Crippen MR) is 84.7 cm³/mol. The van der Waals surface area contributed by atoms with Crippen LogP contribution >= 0.6 is 34.2 Å². The first kappa shape index (κ1) is 13.7. The Morgan fingerprint density at radius 1 is 1.44 bits per heavy atom. The monoisotopic (exact) mass is 375 g/mol. The Balaban J connectivity index is 2.25. The third-order valence-corrected chi connectivity index (χ3v) is 3.60. The van der Waals surface area contributed by atoms with E-state index in [9.17, 15) is 0 Å². The molecule has 1 aromatic heterocycles. The molecule has 0 atom stereocenters. The lowest BCUT2D eigenvalue weighted by molar-refractivity contribution is 0.823. The van der Waals surface area contributed by atoms with Crippen LogP contribution in [0.1, 0.15) is 19.8 Å². The molecule has 1 N–H and O–H groups in total. The molecule has 0 aliphatic carbocycles. The summed E-state index contributed by atoms with van der Waals surface area (Å²) >= 11 is 8.52. The first-order valence-corrected chi connectivity index (χ1v) is 7.40. The Labute approximate surface area is 126 Å². The summed E-state index contributed by atoms with van der Waals surface area (Å²) in [5, 5.41) is 4.06. The van der Waals surface area contributed by atoms with Crippen molar-refractivity contribution in [2.24, 2.45) is 0 Å². The highest BCUT2D eigenvalue weighted by molar-refractivity contribution is 14.1. The molecule has 0 saturated heterocycles. The third kappa shape index (κ3) is 3.17. The van der Waals surface area contributed by atoms with E-state index in [-0.39, 0.29) is 0 Å². The van der Waals surface area contributed by atoms with Gasteiger partial charge in [0.15, 0.2) is 0 Å². The summed E-state index contributed by atoms with van der Waals surface area (Å²) in [6.45, 7) is 3.10. The lowest BCUT2D eigenvalue weighted by Crippen LogP contribution is -2.07. The predicted octanol–water partition coefficient (Wildman–Crippen LogP) is 4.34. The molecule has 0 fully saturated rings. The number of hydrogen-bond acceptors (Lipinski definition) is 2. The molecule has 0 unspecified atom stereocenters. The maximum absolute atomic E-state index is 6.27. The van der Waals surface area contributed by atoms with E-state index < -0.39 is 0 Å². The number of nitrogens with zero attached hydrogens (tertiary/aromatic N) is 2. The van der Waals surface area contributed by atoms with Gasteiger partial charge in [-0.3, -0.25) is 4.57 Å². The number of aromatic nitrogens is 2. The SMILES string of the molecule is CCCCNc1nccn1-c1ccc(I)cc1Cl. The Hall–Kier alpha value is -0.750. The van der Waals surface area contributed by atoms with E-state index >= 15 is 0 Å². The molecule has 3 nitrogen and oxygen atoms in total. The fourth-order valence-electron chi connectivity index (χ4n) is 1.68. The van der Waals surface area contributed by atoms with E-state index in [2.05, 4.69) is 39.8 Å². The molecule has 2 rings (SSSR count). The standard InChI is InChI=1S/C13H15ClIN3/c1-2-3-6-16-13-17-7-8-18(13)12-5-4-10(15)9-11(12)14/h4-5,7-9H,2-3,6H2,1H3,(H,16,17). The van der Waals surface area contributed by atoms with Crippen molar-refractivity contribution < 1.29 is 0 Å². The number of imidazole rings is 1. The number of hydrogen-bond donors (Lipinski definition) is 1. The van der Waals surface area contributed by atoms with Crippen LogP contribution in [0.5, 0.6) is 0 Å². The van der Waals surface area contributed by atoms with Crippen LogP contribution in [0.4, 0.5) is 5.95 Å². The second-order valence-corrected chi connectivity index (χ2v) is 5.65. The molecule has 1 aromatic carbocycles. The van der Waals surface area contributed by atoms with Gasteiger partial charge in [0.25, 0.3) is 0 Å². The van der Waals surface area contributed by atoms with E-state index in [4.69, 9.17) is 11.6 Å². The molecule has 96 valence electrons. The minimum Gasteiger partial charge on any atom is -0.355 e. The largest absolute Gasteiger partial charge is 0.355 e. The zero-order valence-electron chi connectivity index (χ0n) is 10.2. The van der Waals surface area contributed by atoms with E-state index in [1.54, 1.807) is 6.20 Å². The highest BCUT2D eigenvalue weighted by Gasteiger charge is 2.08. The quantitative estimate of drug-likeness (QED) is 0.622. The van der Waals surface area contributed by atoms with Crippen molar-refractivity contribution in [3.05, 3.63) is 39.2 Å². The van der Waals surface area contributed by atoms with Crippen molar-refractivity contribution in [3.8, 4) is 5.69 Å². The van der Waals surface area contributed by atoms with Gasteiger partial charge < -0.3 is 5.32 Å². The number of unbranched alkanes of at least 4 members (excludes halogenated alkanes) is 1. The van der Waals surface area contributed by atoms with Gasteiger partial charge in [0.05, 0.1) is 10.7 Å². The van der Waals surface area contributed by atoms with Crippen LogP contribution in [0, 0.1) is 3.57 Å². The first-order valence-electron chi connectivity index (χ1n) is 5.95. The average Bonchev–Trinajstić information content (AvgIpc) is 2.78. The van der Waals surface area contributed by atoms with Crippen LogP contribution in [-0.2, 0) is 0 Å². The van der Waals surface area contributed by atoms with E-state index in [1.165, 1.54) is 0 Å². The van der Waals surface area contributed by atoms with E-state index in [1.807, 2.05) is 29.0 Å². The molecule has 0 aliphatic rings. The zero-order valence-corrected chi connectivity index (χ0v) is 13.1. The fraction of sp³-hybridized carbons (Fsp3) is 0.308. The minimum absolute atomic E-state index is 0.735.